The van der Waals surface area contributed by atoms with E-state index >= 15 is 0 Å². The molecule has 1 aliphatic rings. The second-order valence-corrected chi connectivity index (χ2v) is 12.9. The molecule has 0 bridgehead atoms. The van der Waals surface area contributed by atoms with Crippen LogP contribution in [0, 0.1) is 11.8 Å². The molecule has 0 saturated carbocycles. The van der Waals surface area contributed by atoms with Crippen LogP contribution in [0.15, 0.2) is 72.8 Å². The Labute approximate surface area is 298 Å². The van der Waals surface area contributed by atoms with Gasteiger partial charge in [0, 0.05) is 0 Å². The maximum atomic E-state index is 10.9. The minimum atomic E-state index is -1.02. The van der Waals surface area contributed by atoms with Crippen LogP contribution in [-0.4, -0.2) is 61.1 Å². The van der Waals surface area contributed by atoms with Gasteiger partial charge >= 0.3 is 0 Å². The van der Waals surface area contributed by atoms with Crippen molar-refractivity contribution in [3.63, 3.8) is 0 Å². The average Bonchev–Trinajstić information content (AvgIpc) is 3.44. The highest BCUT2D eigenvalue weighted by atomic mass is 16.5. The molecule has 51 heavy (non-hydrogen) atoms. The Bertz CT molecular complexity index is 1660. The number of aliphatic hydroxyl groups excluding tert-OH is 2. The van der Waals surface area contributed by atoms with Gasteiger partial charge in [-0.05, 0) is 96.5 Å². The lowest BCUT2D eigenvalue weighted by molar-refractivity contribution is 0.0281. The second-order valence-electron chi connectivity index (χ2n) is 12.9. The number of phenols is 2. The van der Waals surface area contributed by atoms with Crippen molar-refractivity contribution in [2.24, 2.45) is 11.8 Å². The quantitative estimate of drug-likeness (QED) is 0.106. The Morgan fingerprint density at radius 3 is 1.20 bits per heavy atom. The molecule has 8 atom stereocenters. The lowest BCUT2D eigenvalue weighted by atomic mass is 9.85. The first-order valence-corrected chi connectivity index (χ1v) is 16.8. The van der Waals surface area contributed by atoms with Crippen LogP contribution < -0.4 is 28.4 Å². The van der Waals surface area contributed by atoms with Gasteiger partial charge in [0.1, 0.15) is 24.4 Å². The van der Waals surface area contributed by atoms with Gasteiger partial charge in [0.05, 0.1) is 40.6 Å². The van der Waals surface area contributed by atoms with E-state index in [4.69, 9.17) is 33.2 Å². The number of hydrogen-bond donors (Lipinski definition) is 4. The third-order valence-electron chi connectivity index (χ3n) is 9.71. The highest BCUT2D eigenvalue weighted by molar-refractivity contribution is 5.47. The summed E-state index contributed by atoms with van der Waals surface area (Å²) in [4.78, 5) is 0. The van der Waals surface area contributed by atoms with E-state index in [-0.39, 0.29) is 35.5 Å². The molecule has 1 saturated heterocycles. The van der Waals surface area contributed by atoms with Gasteiger partial charge in [-0.25, -0.2) is 0 Å². The Morgan fingerprint density at radius 2 is 0.863 bits per heavy atom. The SMILES string of the molecule is COc1ccc(C(O)[C@@H](C)Oc2ccc(C3O[C@H](c4ccc(O[C@H](C)[C@@H](O)c5ccc(OC)c(O)c5)c(OC)c4)[C@H](C)[C@H]3C)cc2OC)cc1O. The molecular formula is C40H48O11. The molecule has 4 aromatic carbocycles. The van der Waals surface area contributed by atoms with Gasteiger partial charge in [0.2, 0.25) is 0 Å². The molecule has 4 N–H and O–H groups in total. The van der Waals surface area contributed by atoms with Crippen molar-refractivity contribution in [1.29, 1.82) is 0 Å². The highest BCUT2D eigenvalue weighted by Gasteiger charge is 2.41. The predicted octanol–water partition coefficient (Wildman–Crippen LogP) is 7.22. The molecule has 4 aromatic rings. The van der Waals surface area contributed by atoms with E-state index in [2.05, 4.69) is 13.8 Å². The summed E-state index contributed by atoms with van der Waals surface area (Å²) in [5.74, 6) is 2.72. The number of aromatic hydroxyl groups is 2. The van der Waals surface area contributed by atoms with Crippen molar-refractivity contribution < 1.29 is 53.6 Å². The van der Waals surface area contributed by atoms with Gasteiger partial charge in [-0.15, -0.1) is 0 Å². The molecule has 0 aromatic heterocycles. The standard InChI is InChI=1S/C40H48O11/c1-21-22(2)40(28-12-16-34(36(20-28)48-8)50-24(4)38(44)26-10-14-32(46-6)30(42)18-26)51-39(21)27-11-15-33(35(19-27)47-7)49-23(3)37(43)25-9-13-31(45-5)29(41)17-25/h9-24,37-44H,1-8H3/t21-,22-,23-,24-,37-,38?,39+,40?/m1/s1. The van der Waals surface area contributed by atoms with E-state index in [0.29, 0.717) is 45.6 Å². The van der Waals surface area contributed by atoms with Gasteiger partial charge in [-0.2, -0.15) is 0 Å². The number of hydrogen-bond acceptors (Lipinski definition) is 11. The normalized spacial score (nSPS) is 20.9. The topological polar surface area (TPSA) is 146 Å². The predicted molar refractivity (Wildman–Crippen MR) is 190 cm³/mol. The van der Waals surface area contributed by atoms with Gasteiger partial charge in [0.25, 0.3) is 0 Å². The smallest absolute Gasteiger partial charge is 0.161 e. The van der Waals surface area contributed by atoms with Crippen LogP contribution in [0.3, 0.4) is 0 Å². The molecule has 0 amide bonds. The molecule has 0 radical (unpaired) electrons. The van der Waals surface area contributed by atoms with Crippen LogP contribution in [-0.2, 0) is 4.74 Å². The fraction of sp³-hybridized carbons (Fsp3) is 0.400. The minimum Gasteiger partial charge on any atom is -0.504 e. The Balaban J connectivity index is 1.28. The third kappa shape index (κ3) is 7.90. The molecule has 0 spiro atoms. The van der Waals surface area contributed by atoms with Crippen LogP contribution in [0.1, 0.15) is 74.4 Å². The molecule has 1 fully saturated rings. The molecule has 11 heteroatoms. The lowest BCUT2D eigenvalue weighted by Gasteiger charge is -2.24. The van der Waals surface area contributed by atoms with E-state index < -0.39 is 24.4 Å². The van der Waals surface area contributed by atoms with Crippen LogP contribution in [0.5, 0.6) is 46.0 Å². The van der Waals surface area contributed by atoms with Crippen molar-refractivity contribution in [3.8, 4) is 46.0 Å². The molecule has 1 aliphatic heterocycles. The summed E-state index contributed by atoms with van der Waals surface area (Å²) in [5, 5.41) is 42.2. The molecule has 0 aliphatic carbocycles. The first-order chi connectivity index (χ1) is 24.4. The Kier molecular flexibility index (Phi) is 11.7. The fourth-order valence-corrected chi connectivity index (χ4v) is 6.49. The molecule has 2 unspecified atom stereocenters. The zero-order valence-corrected chi connectivity index (χ0v) is 30.2. The van der Waals surface area contributed by atoms with Crippen molar-refractivity contribution >= 4 is 0 Å². The van der Waals surface area contributed by atoms with Crippen molar-refractivity contribution in [3.05, 3.63) is 95.1 Å². The zero-order chi connectivity index (χ0) is 37.0. The van der Waals surface area contributed by atoms with Crippen LogP contribution in [0.4, 0.5) is 0 Å². The first-order valence-electron chi connectivity index (χ1n) is 16.8. The highest BCUT2D eigenvalue weighted by Crippen LogP contribution is 2.51. The van der Waals surface area contributed by atoms with E-state index in [1.54, 1.807) is 52.3 Å². The second kappa shape index (κ2) is 16.0. The van der Waals surface area contributed by atoms with Gasteiger partial charge in [-0.1, -0.05) is 38.1 Å². The summed E-state index contributed by atoms with van der Waals surface area (Å²) < 4.78 is 40.6. The van der Waals surface area contributed by atoms with E-state index in [0.717, 1.165) is 11.1 Å². The lowest BCUT2D eigenvalue weighted by Crippen LogP contribution is -2.22. The first kappa shape index (κ1) is 37.4. The molecule has 11 nitrogen and oxygen atoms in total. The van der Waals surface area contributed by atoms with Gasteiger partial charge in [0.15, 0.2) is 46.0 Å². The van der Waals surface area contributed by atoms with Crippen LogP contribution in [0.25, 0.3) is 0 Å². The van der Waals surface area contributed by atoms with E-state index in [9.17, 15) is 20.4 Å². The van der Waals surface area contributed by atoms with Gasteiger partial charge in [-0.3, -0.25) is 0 Å². The fourth-order valence-electron chi connectivity index (χ4n) is 6.49. The van der Waals surface area contributed by atoms with Crippen LogP contribution in [0.2, 0.25) is 0 Å². The average molecular weight is 705 g/mol. The molecular weight excluding hydrogens is 656 g/mol. The van der Waals surface area contributed by atoms with E-state index in [1.165, 1.54) is 26.4 Å². The number of rotatable bonds is 14. The summed E-state index contributed by atoms with van der Waals surface area (Å²) in [6.45, 7) is 7.80. The number of phenolic OH excluding ortho intramolecular Hbond substituents is 2. The molecule has 5 rings (SSSR count). The molecule has 1 heterocycles. The van der Waals surface area contributed by atoms with Crippen LogP contribution >= 0.6 is 0 Å². The number of aliphatic hydroxyl groups is 2. The summed E-state index contributed by atoms with van der Waals surface area (Å²) in [6, 6.07) is 20.8. The number of ether oxygens (including phenoxy) is 7. The van der Waals surface area contributed by atoms with Crippen molar-refractivity contribution in [1.82, 2.24) is 0 Å². The van der Waals surface area contributed by atoms with Gasteiger partial charge < -0.3 is 53.6 Å². The molecule has 274 valence electrons. The summed E-state index contributed by atoms with van der Waals surface area (Å²) in [6.07, 6.45) is -3.83. The Hall–Kier alpha value is -4.84. The minimum absolute atomic E-state index is 0.0677. The largest absolute Gasteiger partial charge is 0.504 e. The summed E-state index contributed by atoms with van der Waals surface area (Å²) in [5.41, 5.74) is 2.83. The monoisotopic (exact) mass is 704 g/mol. The maximum absolute atomic E-state index is 10.9. The van der Waals surface area contributed by atoms with Crippen molar-refractivity contribution in [2.45, 2.75) is 64.3 Å². The summed E-state index contributed by atoms with van der Waals surface area (Å²) >= 11 is 0. The zero-order valence-electron chi connectivity index (χ0n) is 30.2. The maximum Gasteiger partial charge on any atom is 0.161 e. The number of benzene rings is 4. The number of methoxy groups -OCH3 is 4. The third-order valence-corrected chi connectivity index (χ3v) is 9.71. The van der Waals surface area contributed by atoms with Crippen molar-refractivity contribution in [2.75, 3.05) is 28.4 Å². The van der Waals surface area contributed by atoms with E-state index in [1.807, 2.05) is 36.4 Å². The Morgan fingerprint density at radius 1 is 0.510 bits per heavy atom. The summed E-state index contributed by atoms with van der Waals surface area (Å²) in [7, 11) is 6.06.